The highest BCUT2D eigenvalue weighted by atomic mass is 35.5. The molecule has 0 spiro atoms. The summed E-state index contributed by atoms with van der Waals surface area (Å²) in [5.74, 6) is 0.493. The third-order valence-corrected chi connectivity index (χ3v) is 3.09. The van der Waals surface area contributed by atoms with Crippen molar-refractivity contribution in [1.82, 2.24) is 4.90 Å². The van der Waals surface area contributed by atoms with E-state index in [0.717, 1.165) is 5.56 Å². The lowest BCUT2D eigenvalue weighted by atomic mass is 10.1. The van der Waals surface area contributed by atoms with Gasteiger partial charge in [0.25, 0.3) is 5.91 Å². The number of phenolic OH excluding ortho intramolecular Hbond substituents is 1. The van der Waals surface area contributed by atoms with Gasteiger partial charge < -0.3 is 10.0 Å². The van der Waals surface area contributed by atoms with E-state index in [9.17, 15) is 9.90 Å². The number of hydrogen-bond donors (Lipinski definition) is 1. The Morgan fingerprint density at radius 3 is 2.69 bits per heavy atom. The highest BCUT2D eigenvalue weighted by Crippen LogP contribution is 2.17. The Balaban J connectivity index is 2.96. The van der Waals surface area contributed by atoms with E-state index in [1.54, 1.807) is 31.0 Å². The molecule has 0 heterocycles. The quantitative estimate of drug-likeness (QED) is 0.826. The predicted octanol–water partition coefficient (Wildman–Crippen LogP) is 2.40. The van der Waals surface area contributed by atoms with Crippen LogP contribution in [0, 0.1) is 6.92 Å². The fourth-order valence-corrected chi connectivity index (χ4v) is 1.59. The van der Waals surface area contributed by atoms with Gasteiger partial charge in [0.15, 0.2) is 0 Å². The molecule has 1 N–H and O–H groups in total. The fourth-order valence-electron chi connectivity index (χ4n) is 1.38. The van der Waals surface area contributed by atoms with Crippen LogP contribution in [-0.2, 0) is 0 Å². The van der Waals surface area contributed by atoms with Crippen LogP contribution in [0.1, 0.15) is 22.8 Å². The number of halogens is 1. The van der Waals surface area contributed by atoms with Gasteiger partial charge in [0.1, 0.15) is 5.75 Å². The van der Waals surface area contributed by atoms with E-state index in [-0.39, 0.29) is 17.7 Å². The second-order valence-corrected chi connectivity index (χ2v) is 4.23. The number of carbonyl (C=O) groups is 1. The molecular formula is C12H16ClNO2. The molecule has 1 aromatic carbocycles. The van der Waals surface area contributed by atoms with Crippen molar-refractivity contribution in [1.29, 1.82) is 0 Å². The Kier molecular flexibility index (Phi) is 4.19. The van der Waals surface area contributed by atoms with Crippen LogP contribution in [-0.4, -0.2) is 34.9 Å². The molecule has 1 amide bonds. The van der Waals surface area contributed by atoms with Crippen molar-refractivity contribution >= 4 is 17.5 Å². The molecule has 1 unspecified atom stereocenters. The molecule has 1 atom stereocenters. The number of alkyl halides is 1. The highest BCUT2D eigenvalue weighted by molar-refractivity contribution is 6.18. The SMILES string of the molecule is Cc1cc(O)ccc1C(=O)N(C)C(C)CCl. The van der Waals surface area contributed by atoms with Crippen LogP contribution < -0.4 is 0 Å². The number of rotatable bonds is 3. The van der Waals surface area contributed by atoms with Gasteiger partial charge in [-0.05, 0) is 37.6 Å². The molecule has 1 aromatic rings. The Labute approximate surface area is 101 Å². The maximum absolute atomic E-state index is 12.1. The van der Waals surface area contributed by atoms with E-state index < -0.39 is 0 Å². The zero-order valence-electron chi connectivity index (χ0n) is 9.70. The molecule has 4 heteroatoms. The van der Waals surface area contributed by atoms with Gasteiger partial charge in [-0.15, -0.1) is 11.6 Å². The molecule has 0 bridgehead atoms. The Bertz CT molecular complexity index is 393. The van der Waals surface area contributed by atoms with E-state index in [0.29, 0.717) is 11.4 Å². The summed E-state index contributed by atoms with van der Waals surface area (Å²) >= 11 is 5.71. The van der Waals surface area contributed by atoms with Crippen LogP contribution in [0.4, 0.5) is 0 Å². The molecular weight excluding hydrogens is 226 g/mol. The van der Waals surface area contributed by atoms with Gasteiger partial charge in [-0.25, -0.2) is 0 Å². The average Bonchev–Trinajstić information content (AvgIpc) is 2.26. The van der Waals surface area contributed by atoms with Crippen LogP contribution in [0.3, 0.4) is 0 Å². The highest BCUT2D eigenvalue weighted by Gasteiger charge is 2.18. The largest absolute Gasteiger partial charge is 0.508 e. The molecule has 0 aliphatic heterocycles. The maximum Gasteiger partial charge on any atom is 0.254 e. The van der Waals surface area contributed by atoms with Gasteiger partial charge in [0.05, 0.1) is 0 Å². The minimum Gasteiger partial charge on any atom is -0.508 e. The van der Waals surface area contributed by atoms with E-state index in [4.69, 9.17) is 11.6 Å². The summed E-state index contributed by atoms with van der Waals surface area (Å²) in [6.45, 7) is 3.69. The van der Waals surface area contributed by atoms with Gasteiger partial charge in [-0.1, -0.05) is 0 Å². The van der Waals surface area contributed by atoms with Crippen molar-refractivity contribution in [2.45, 2.75) is 19.9 Å². The minimum absolute atomic E-state index is 0.0117. The van der Waals surface area contributed by atoms with Crippen molar-refractivity contribution in [3.8, 4) is 5.75 Å². The second-order valence-electron chi connectivity index (χ2n) is 3.92. The maximum atomic E-state index is 12.1. The molecule has 0 fully saturated rings. The number of carbonyl (C=O) groups excluding carboxylic acids is 1. The van der Waals surface area contributed by atoms with Crippen LogP contribution in [0.15, 0.2) is 18.2 Å². The third-order valence-electron chi connectivity index (χ3n) is 2.65. The first kappa shape index (κ1) is 12.8. The molecule has 0 aliphatic carbocycles. The molecule has 0 aromatic heterocycles. The minimum atomic E-state index is -0.0781. The third kappa shape index (κ3) is 2.67. The van der Waals surface area contributed by atoms with Crippen molar-refractivity contribution in [2.75, 3.05) is 12.9 Å². The monoisotopic (exact) mass is 241 g/mol. The molecule has 0 saturated carbocycles. The molecule has 0 aliphatic rings. The number of aryl methyl sites for hydroxylation is 1. The lowest BCUT2D eigenvalue weighted by Gasteiger charge is -2.23. The second kappa shape index (κ2) is 5.21. The van der Waals surface area contributed by atoms with Crippen LogP contribution >= 0.6 is 11.6 Å². The summed E-state index contributed by atoms with van der Waals surface area (Å²) < 4.78 is 0. The Morgan fingerprint density at radius 1 is 1.56 bits per heavy atom. The number of amides is 1. The van der Waals surface area contributed by atoms with Crippen LogP contribution in [0.5, 0.6) is 5.75 Å². The van der Waals surface area contributed by atoms with Gasteiger partial charge in [-0.3, -0.25) is 4.79 Å². The predicted molar refractivity (Wildman–Crippen MR) is 65.1 cm³/mol. The number of benzene rings is 1. The number of nitrogens with zero attached hydrogens (tertiary/aromatic N) is 1. The standard InChI is InChI=1S/C12H16ClNO2/c1-8-6-10(15)4-5-11(8)12(16)14(3)9(2)7-13/h4-6,9,15H,7H2,1-3H3. The number of aromatic hydroxyl groups is 1. The Morgan fingerprint density at radius 2 is 2.19 bits per heavy atom. The van der Waals surface area contributed by atoms with E-state index in [2.05, 4.69) is 0 Å². The van der Waals surface area contributed by atoms with Gasteiger partial charge in [0.2, 0.25) is 0 Å². The molecule has 1 rings (SSSR count). The first-order valence-corrected chi connectivity index (χ1v) is 5.63. The van der Waals surface area contributed by atoms with Gasteiger partial charge in [0, 0.05) is 24.5 Å². The first-order valence-electron chi connectivity index (χ1n) is 5.10. The van der Waals surface area contributed by atoms with Gasteiger partial charge in [-0.2, -0.15) is 0 Å². The lowest BCUT2D eigenvalue weighted by molar-refractivity contribution is 0.0756. The fraction of sp³-hybridized carbons (Fsp3) is 0.417. The van der Waals surface area contributed by atoms with Gasteiger partial charge >= 0.3 is 0 Å². The van der Waals surface area contributed by atoms with Crippen molar-refractivity contribution in [3.63, 3.8) is 0 Å². The number of hydrogen-bond acceptors (Lipinski definition) is 2. The summed E-state index contributed by atoms with van der Waals surface area (Å²) in [5.41, 5.74) is 1.36. The molecule has 0 radical (unpaired) electrons. The zero-order valence-corrected chi connectivity index (χ0v) is 10.5. The lowest BCUT2D eigenvalue weighted by Crippen LogP contribution is -2.36. The first-order chi connectivity index (χ1) is 7.47. The van der Waals surface area contributed by atoms with E-state index in [1.165, 1.54) is 6.07 Å². The van der Waals surface area contributed by atoms with Crippen molar-refractivity contribution in [2.24, 2.45) is 0 Å². The smallest absolute Gasteiger partial charge is 0.254 e. The topological polar surface area (TPSA) is 40.5 Å². The average molecular weight is 242 g/mol. The molecule has 16 heavy (non-hydrogen) atoms. The summed E-state index contributed by atoms with van der Waals surface area (Å²) in [6.07, 6.45) is 0. The van der Waals surface area contributed by atoms with Crippen LogP contribution in [0.25, 0.3) is 0 Å². The summed E-state index contributed by atoms with van der Waals surface area (Å²) in [4.78, 5) is 13.7. The summed E-state index contributed by atoms with van der Waals surface area (Å²) in [6, 6.07) is 4.71. The Hall–Kier alpha value is -1.22. The molecule has 3 nitrogen and oxygen atoms in total. The number of phenols is 1. The molecule has 88 valence electrons. The van der Waals surface area contributed by atoms with Crippen molar-refractivity contribution in [3.05, 3.63) is 29.3 Å². The van der Waals surface area contributed by atoms with Crippen LogP contribution in [0.2, 0.25) is 0 Å². The van der Waals surface area contributed by atoms with E-state index >= 15 is 0 Å². The summed E-state index contributed by atoms with van der Waals surface area (Å²) in [5, 5.41) is 9.27. The summed E-state index contributed by atoms with van der Waals surface area (Å²) in [7, 11) is 1.72. The zero-order chi connectivity index (χ0) is 12.3. The van der Waals surface area contributed by atoms with Crippen molar-refractivity contribution < 1.29 is 9.90 Å². The van der Waals surface area contributed by atoms with E-state index in [1.807, 2.05) is 6.92 Å². The normalized spacial score (nSPS) is 12.2. The molecule has 0 saturated heterocycles.